The lowest BCUT2D eigenvalue weighted by molar-refractivity contribution is -0.115. The number of amides is 1. The van der Waals surface area contributed by atoms with Crippen LogP contribution in [0.4, 0.5) is 5.69 Å². The highest BCUT2D eigenvalue weighted by molar-refractivity contribution is 7.89. The van der Waals surface area contributed by atoms with Crippen LogP contribution in [0.1, 0.15) is 18.4 Å². The summed E-state index contributed by atoms with van der Waals surface area (Å²) in [6, 6.07) is 12.2. The normalized spacial score (nSPS) is 14.2. The van der Waals surface area contributed by atoms with Crippen LogP contribution in [0.2, 0.25) is 0 Å². The Hall–Kier alpha value is -2.84. The minimum absolute atomic E-state index is 0.00650. The molecule has 1 fully saturated rings. The number of carbonyl (C=O) groups excluding carboxylic acids is 1. The highest BCUT2D eigenvalue weighted by atomic mass is 32.2. The number of carbonyl (C=O) groups is 1. The maximum atomic E-state index is 12.6. The average Bonchev–Trinajstić information content (AvgIpc) is 3.39. The molecule has 0 atom stereocenters. The Morgan fingerprint density at radius 1 is 1.21 bits per heavy atom. The maximum Gasteiger partial charge on any atom is 0.240 e. The molecule has 7 nitrogen and oxygen atoms in total. The summed E-state index contributed by atoms with van der Waals surface area (Å²) in [7, 11) is -2.15. The van der Waals surface area contributed by atoms with Crippen LogP contribution in [0.15, 0.2) is 53.6 Å². The van der Waals surface area contributed by atoms with Crippen molar-refractivity contribution in [2.45, 2.75) is 30.2 Å². The number of ether oxygens (including phenoxy) is 1. The van der Waals surface area contributed by atoms with Crippen molar-refractivity contribution in [1.82, 2.24) is 9.71 Å². The van der Waals surface area contributed by atoms with Crippen LogP contribution in [-0.2, 0) is 21.2 Å². The molecule has 1 aliphatic rings. The van der Waals surface area contributed by atoms with Gasteiger partial charge in [0.2, 0.25) is 15.9 Å². The first-order valence-corrected chi connectivity index (χ1v) is 10.5. The Kier molecular flexibility index (Phi) is 4.82. The number of benzene rings is 2. The lowest BCUT2D eigenvalue weighted by Crippen LogP contribution is -2.26. The lowest BCUT2D eigenvalue weighted by atomic mass is 10.1. The number of para-hydroxylation sites is 1. The molecule has 0 radical (unpaired) electrons. The van der Waals surface area contributed by atoms with Crippen LogP contribution < -0.4 is 14.8 Å². The molecule has 1 saturated carbocycles. The van der Waals surface area contributed by atoms with Crippen molar-refractivity contribution in [3.05, 3.63) is 54.2 Å². The van der Waals surface area contributed by atoms with Crippen molar-refractivity contribution in [2.75, 3.05) is 12.4 Å². The number of hydrogen-bond donors (Lipinski definition) is 3. The molecule has 1 aromatic heterocycles. The molecule has 3 aromatic rings. The zero-order valence-corrected chi connectivity index (χ0v) is 16.2. The molecule has 1 heterocycles. The van der Waals surface area contributed by atoms with Gasteiger partial charge in [-0.2, -0.15) is 0 Å². The van der Waals surface area contributed by atoms with Gasteiger partial charge in [0.05, 0.1) is 24.1 Å². The van der Waals surface area contributed by atoms with Gasteiger partial charge in [0.15, 0.2) is 0 Å². The quantitative estimate of drug-likeness (QED) is 0.569. The number of methoxy groups -OCH3 is 1. The standard InChI is InChI=1S/C20H21N3O4S/c1-27-19-9-8-15(28(25,26)23-14-6-7-14)11-18(19)22-20(24)10-13-12-21-17-5-3-2-4-16(13)17/h2-5,8-9,11-12,14,21,23H,6-7,10H2,1H3,(H,22,24). The molecule has 0 aliphatic heterocycles. The molecule has 1 aliphatic carbocycles. The minimum atomic E-state index is -3.62. The number of aromatic amines is 1. The number of sulfonamides is 1. The van der Waals surface area contributed by atoms with Gasteiger partial charge in [-0.3, -0.25) is 4.79 Å². The summed E-state index contributed by atoms with van der Waals surface area (Å²) in [4.78, 5) is 15.8. The molecule has 146 valence electrons. The first kappa shape index (κ1) is 18.5. The van der Waals surface area contributed by atoms with E-state index in [0.717, 1.165) is 29.3 Å². The van der Waals surface area contributed by atoms with Gasteiger partial charge >= 0.3 is 0 Å². The van der Waals surface area contributed by atoms with E-state index in [9.17, 15) is 13.2 Å². The molecule has 0 bridgehead atoms. The Bertz CT molecular complexity index is 1130. The molecule has 0 spiro atoms. The molecular weight excluding hydrogens is 378 g/mol. The first-order chi connectivity index (χ1) is 13.5. The van der Waals surface area contributed by atoms with E-state index in [1.165, 1.54) is 19.2 Å². The van der Waals surface area contributed by atoms with Crippen molar-refractivity contribution in [3.63, 3.8) is 0 Å². The van der Waals surface area contributed by atoms with Crippen LogP contribution >= 0.6 is 0 Å². The number of H-pyrrole nitrogens is 1. The Morgan fingerprint density at radius 3 is 2.75 bits per heavy atom. The second kappa shape index (κ2) is 7.29. The predicted octanol–water partition coefficient (Wildman–Crippen LogP) is 2.80. The number of rotatable bonds is 7. The van der Waals surface area contributed by atoms with Gasteiger partial charge in [-0.05, 0) is 42.7 Å². The summed E-state index contributed by atoms with van der Waals surface area (Å²) in [6.45, 7) is 0. The molecule has 28 heavy (non-hydrogen) atoms. The summed E-state index contributed by atoms with van der Waals surface area (Å²) in [5, 5.41) is 3.76. The van der Waals surface area contributed by atoms with Gasteiger partial charge in [0.25, 0.3) is 0 Å². The highest BCUT2D eigenvalue weighted by Crippen LogP contribution is 2.29. The van der Waals surface area contributed by atoms with E-state index in [1.807, 2.05) is 30.5 Å². The van der Waals surface area contributed by atoms with Gasteiger partial charge in [0, 0.05) is 23.1 Å². The largest absolute Gasteiger partial charge is 0.495 e. The number of nitrogens with one attached hydrogen (secondary N) is 3. The van der Waals surface area contributed by atoms with Crippen molar-refractivity contribution in [1.29, 1.82) is 0 Å². The van der Waals surface area contributed by atoms with Gasteiger partial charge in [-0.1, -0.05) is 18.2 Å². The molecule has 8 heteroatoms. The van der Waals surface area contributed by atoms with Gasteiger partial charge in [-0.15, -0.1) is 0 Å². The Labute approximate surface area is 163 Å². The van der Waals surface area contributed by atoms with Gasteiger partial charge in [-0.25, -0.2) is 13.1 Å². The van der Waals surface area contributed by atoms with E-state index in [-0.39, 0.29) is 23.3 Å². The molecule has 1 amide bonds. The van der Waals surface area contributed by atoms with Gasteiger partial charge in [0.1, 0.15) is 5.75 Å². The second-order valence-electron chi connectivity index (χ2n) is 6.84. The highest BCUT2D eigenvalue weighted by Gasteiger charge is 2.28. The SMILES string of the molecule is COc1ccc(S(=O)(=O)NC2CC2)cc1NC(=O)Cc1c[nH]c2ccccc12. The van der Waals surface area contributed by atoms with E-state index in [1.54, 1.807) is 6.07 Å². The third-order valence-electron chi connectivity index (χ3n) is 4.68. The fourth-order valence-corrected chi connectivity index (χ4v) is 4.42. The number of aromatic nitrogens is 1. The summed E-state index contributed by atoms with van der Waals surface area (Å²) < 4.78 is 32.8. The van der Waals surface area contributed by atoms with E-state index in [4.69, 9.17) is 4.74 Å². The summed E-state index contributed by atoms with van der Waals surface area (Å²) in [6.07, 6.45) is 3.67. The average molecular weight is 399 g/mol. The van der Waals surface area contributed by atoms with E-state index < -0.39 is 10.0 Å². The maximum absolute atomic E-state index is 12.6. The molecule has 0 unspecified atom stereocenters. The number of anilines is 1. The molecule has 2 aromatic carbocycles. The Morgan fingerprint density at radius 2 is 2.00 bits per heavy atom. The molecule has 3 N–H and O–H groups in total. The van der Waals surface area contributed by atoms with Crippen LogP contribution in [0.5, 0.6) is 5.75 Å². The molecule has 4 rings (SSSR count). The number of fused-ring (bicyclic) bond motifs is 1. The summed E-state index contributed by atoms with van der Waals surface area (Å²) in [5.74, 6) is 0.144. The van der Waals surface area contributed by atoms with Crippen LogP contribution in [0.25, 0.3) is 10.9 Å². The van der Waals surface area contributed by atoms with Gasteiger partial charge < -0.3 is 15.0 Å². The third-order valence-corrected chi connectivity index (χ3v) is 6.20. The predicted molar refractivity (Wildman–Crippen MR) is 107 cm³/mol. The van der Waals surface area contributed by atoms with Crippen molar-refractivity contribution in [3.8, 4) is 5.75 Å². The Balaban J connectivity index is 1.55. The zero-order valence-electron chi connectivity index (χ0n) is 15.4. The van der Waals surface area contributed by atoms with E-state index in [0.29, 0.717) is 11.4 Å². The van der Waals surface area contributed by atoms with Crippen LogP contribution in [0, 0.1) is 0 Å². The minimum Gasteiger partial charge on any atom is -0.495 e. The van der Waals surface area contributed by atoms with E-state index >= 15 is 0 Å². The van der Waals surface area contributed by atoms with E-state index in [2.05, 4.69) is 15.0 Å². The second-order valence-corrected chi connectivity index (χ2v) is 8.56. The third kappa shape index (κ3) is 3.88. The topological polar surface area (TPSA) is 100 Å². The lowest BCUT2D eigenvalue weighted by Gasteiger charge is -2.13. The first-order valence-electron chi connectivity index (χ1n) is 9.01. The molecule has 0 saturated heterocycles. The zero-order chi connectivity index (χ0) is 19.7. The van der Waals surface area contributed by atoms with Crippen LogP contribution in [0.3, 0.4) is 0 Å². The fourth-order valence-electron chi connectivity index (χ4n) is 3.09. The van der Waals surface area contributed by atoms with Crippen molar-refractivity contribution in [2.24, 2.45) is 0 Å². The van der Waals surface area contributed by atoms with Crippen molar-refractivity contribution >= 4 is 32.5 Å². The summed E-state index contributed by atoms with van der Waals surface area (Å²) in [5.41, 5.74) is 2.15. The van der Waals surface area contributed by atoms with Crippen molar-refractivity contribution < 1.29 is 17.9 Å². The fraction of sp³-hybridized carbons (Fsp3) is 0.250. The van der Waals surface area contributed by atoms with Crippen LogP contribution in [-0.4, -0.2) is 32.5 Å². The summed E-state index contributed by atoms with van der Waals surface area (Å²) >= 11 is 0. The molecular formula is C20H21N3O4S. The monoisotopic (exact) mass is 399 g/mol. The smallest absolute Gasteiger partial charge is 0.240 e. The number of hydrogen-bond acceptors (Lipinski definition) is 4.